The van der Waals surface area contributed by atoms with E-state index in [0.29, 0.717) is 32.4 Å². The van der Waals surface area contributed by atoms with Gasteiger partial charge in [0.25, 0.3) is 0 Å². The summed E-state index contributed by atoms with van der Waals surface area (Å²) < 4.78 is 5.38. The first-order chi connectivity index (χ1) is 10.0. The molecule has 0 aromatic rings. The first-order valence-electron chi connectivity index (χ1n) is 7.94. The predicted molar refractivity (Wildman–Crippen MR) is 80.4 cm³/mol. The van der Waals surface area contributed by atoms with Crippen molar-refractivity contribution >= 4 is 12.1 Å². The van der Waals surface area contributed by atoms with Crippen molar-refractivity contribution in [2.75, 3.05) is 13.1 Å². The van der Waals surface area contributed by atoms with E-state index in [-0.39, 0.29) is 17.9 Å². The number of aliphatic hydroxyl groups is 1. The smallest absolute Gasteiger partial charge is 0.410 e. The molecule has 2 N–H and O–H groups in total. The molecule has 6 nitrogen and oxygen atoms in total. The van der Waals surface area contributed by atoms with E-state index in [1.165, 1.54) is 0 Å². The Balaban J connectivity index is 2.01. The highest BCUT2D eigenvalue weighted by molar-refractivity contribution is 5.77. The summed E-state index contributed by atoms with van der Waals surface area (Å²) in [5, 5.41) is 19.2. The van der Waals surface area contributed by atoms with Crippen LogP contribution in [0.2, 0.25) is 0 Å². The Hall–Kier alpha value is -1.30. The number of aliphatic hydroxyl groups excluding tert-OH is 1. The maximum Gasteiger partial charge on any atom is 0.410 e. The van der Waals surface area contributed by atoms with Gasteiger partial charge in [0.15, 0.2) is 0 Å². The lowest BCUT2D eigenvalue weighted by Gasteiger charge is -2.52. The molecule has 126 valence electrons. The van der Waals surface area contributed by atoms with Gasteiger partial charge in [0.1, 0.15) is 5.60 Å². The van der Waals surface area contributed by atoms with Gasteiger partial charge in [0.05, 0.1) is 11.5 Å². The minimum Gasteiger partial charge on any atom is -0.481 e. The minimum atomic E-state index is -0.821. The van der Waals surface area contributed by atoms with Crippen molar-refractivity contribution in [3.05, 3.63) is 0 Å². The van der Waals surface area contributed by atoms with Gasteiger partial charge in [0, 0.05) is 13.1 Å². The number of carbonyl (C=O) groups is 2. The molecule has 1 heterocycles. The van der Waals surface area contributed by atoms with E-state index in [4.69, 9.17) is 4.74 Å². The molecule has 1 aliphatic heterocycles. The topological polar surface area (TPSA) is 87.1 Å². The van der Waals surface area contributed by atoms with Crippen molar-refractivity contribution in [3.63, 3.8) is 0 Å². The standard InChI is InChI=1S/C16H27NO5/c1-10-9-17(14(21)22-15(2,3)4)6-5-12(10)16(13(19)20)7-11(18)8-16/h10-12,18H,5-9H2,1-4H3,(H,19,20). The Bertz CT molecular complexity index is 450. The largest absolute Gasteiger partial charge is 0.481 e. The van der Waals surface area contributed by atoms with Crippen LogP contribution in [-0.4, -0.2) is 52.0 Å². The van der Waals surface area contributed by atoms with E-state index in [1.54, 1.807) is 4.90 Å². The monoisotopic (exact) mass is 313 g/mol. The molecule has 2 atom stereocenters. The number of rotatable bonds is 2. The van der Waals surface area contributed by atoms with Crippen LogP contribution in [0, 0.1) is 17.3 Å². The molecule has 1 saturated carbocycles. The van der Waals surface area contributed by atoms with Gasteiger partial charge in [-0.05, 0) is 51.9 Å². The Morgan fingerprint density at radius 1 is 1.27 bits per heavy atom. The highest BCUT2D eigenvalue weighted by atomic mass is 16.6. The van der Waals surface area contributed by atoms with Gasteiger partial charge >= 0.3 is 12.1 Å². The summed E-state index contributed by atoms with van der Waals surface area (Å²) in [6.45, 7) is 8.49. The molecule has 2 aliphatic rings. The average Bonchev–Trinajstić information content (AvgIpc) is 2.32. The number of amides is 1. The van der Waals surface area contributed by atoms with Gasteiger partial charge in [-0.1, -0.05) is 6.92 Å². The molecule has 2 fully saturated rings. The van der Waals surface area contributed by atoms with Crippen LogP contribution in [0.15, 0.2) is 0 Å². The number of nitrogens with zero attached hydrogens (tertiary/aromatic N) is 1. The molecule has 6 heteroatoms. The fraction of sp³-hybridized carbons (Fsp3) is 0.875. The number of hydrogen-bond acceptors (Lipinski definition) is 4. The molecular formula is C16H27NO5. The number of aliphatic carboxylic acids is 1. The zero-order valence-corrected chi connectivity index (χ0v) is 13.8. The Morgan fingerprint density at radius 3 is 2.27 bits per heavy atom. The maximum absolute atomic E-state index is 12.1. The first kappa shape index (κ1) is 17.1. The molecule has 1 aliphatic carbocycles. The molecule has 0 aromatic carbocycles. The van der Waals surface area contributed by atoms with Crippen molar-refractivity contribution in [2.24, 2.45) is 17.3 Å². The van der Waals surface area contributed by atoms with E-state index in [9.17, 15) is 19.8 Å². The van der Waals surface area contributed by atoms with E-state index >= 15 is 0 Å². The highest BCUT2D eigenvalue weighted by Crippen LogP contribution is 2.52. The fourth-order valence-corrected chi connectivity index (χ4v) is 3.88. The van der Waals surface area contributed by atoms with Crippen molar-refractivity contribution < 1.29 is 24.5 Å². The number of piperidine rings is 1. The summed E-state index contributed by atoms with van der Waals surface area (Å²) >= 11 is 0. The average molecular weight is 313 g/mol. The number of carbonyl (C=O) groups excluding carboxylic acids is 1. The molecule has 22 heavy (non-hydrogen) atoms. The molecular weight excluding hydrogens is 286 g/mol. The van der Waals surface area contributed by atoms with E-state index in [2.05, 4.69) is 0 Å². The molecule has 2 unspecified atom stereocenters. The SMILES string of the molecule is CC1CN(C(=O)OC(C)(C)C)CCC1C1(C(=O)O)CC(O)C1. The summed E-state index contributed by atoms with van der Waals surface area (Å²) in [5.74, 6) is -0.752. The molecule has 0 aromatic heterocycles. The zero-order chi connectivity index (χ0) is 16.7. The number of hydrogen-bond donors (Lipinski definition) is 2. The second-order valence-corrected chi connectivity index (χ2v) is 7.82. The van der Waals surface area contributed by atoms with Gasteiger partial charge in [-0.15, -0.1) is 0 Å². The van der Waals surface area contributed by atoms with Crippen molar-refractivity contribution in [3.8, 4) is 0 Å². The van der Waals surface area contributed by atoms with Gasteiger partial charge in [-0.2, -0.15) is 0 Å². The number of likely N-dealkylation sites (tertiary alicyclic amines) is 1. The number of ether oxygens (including phenoxy) is 1. The third-order valence-electron chi connectivity index (χ3n) is 4.89. The van der Waals surface area contributed by atoms with Crippen LogP contribution in [0.1, 0.15) is 47.0 Å². The Morgan fingerprint density at radius 2 is 1.86 bits per heavy atom. The summed E-state index contributed by atoms with van der Waals surface area (Å²) in [7, 11) is 0. The number of carboxylic acid groups (broad SMARTS) is 1. The summed E-state index contributed by atoms with van der Waals surface area (Å²) in [4.78, 5) is 25.5. The van der Waals surface area contributed by atoms with Gasteiger partial charge in [-0.25, -0.2) is 4.79 Å². The second-order valence-electron chi connectivity index (χ2n) is 7.82. The fourth-order valence-electron chi connectivity index (χ4n) is 3.88. The summed E-state index contributed by atoms with van der Waals surface area (Å²) in [5.41, 5.74) is -1.35. The van der Waals surface area contributed by atoms with Crippen LogP contribution < -0.4 is 0 Å². The Kier molecular flexibility index (Phi) is 4.44. The van der Waals surface area contributed by atoms with E-state index < -0.39 is 23.1 Å². The first-order valence-corrected chi connectivity index (χ1v) is 7.94. The van der Waals surface area contributed by atoms with Crippen LogP contribution in [0.4, 0.5) is 4.79 Å². The van der Waals surface area contributed by atoms with Crippen molar-refractivity contribution in [2.45, 2.75) is 58.7 Å². The normalized spacial score (nSPS) is 35.7. The predicted octanol–water partition coefficient (Wildman–Crippen LogP) is 2.11. The lowest BCUT2D eigenvalue weighted by atomic mass is 9.55. The molecule has 1 amide bonds. The third-order valence-corrected chi connectivity index (χ3v) is 4.89. The van der Waals surface area contributed by atoms with Crippen LogP contribution in [0.5, 0.6) is 0 Å². The molecule has 1 saturated heterocycles. The quantitative estimate of drug-likeness (QED) is 0.815. The molecule has 0 bridgehead atoms. The Labute approximate surface area is 131 Å². The lowest BCUT2D eigenvalue weighted by Crippen LogP contribution is -2.57. The second kappa shape index (κ2) is 5.72. The molecule has 0 spiro atoms. The van der Waals surface area contributed by atoms with Gasteiger partial charge in [0.2, 0.25) is 0 Å². The van der Waals surface area contributed by atoms with Crippen LogP contribution in [-0.2, 0) is 9.53 Å². The minimum absolute atomic E-state index is 0.00733. The van der Waals surface area contributed by atoms with Crippen LogP contribution >= 0.6 is 0 Å². The summed E-state index contributed by atoms with van der Waals surface area (Å²) in [6.07, 6.45) is 0.440. The summed E-state index contributed by atoms with van der Waals surface area (Å²) in [6, 6.07) is 0. The van der Waals surface area contributed by atoms with Gasteiger partial charge < -0.3 is 19.8 Å². The molecule has 2 rings (SSSR count). The van der Waals surface area contributed by atoms with Crippen LogP contribution in [0.3, 0.4) is 0 Å². The van der Waals surface area contributed by atoms with Crippen molar-refractivity contribution in [1.82, 2.24) is 4.90 Å². The number of carboxylic acids is 1. The maximum atomic E-state index is 12.1. The van der Waals surface area contributed by atoms with Gasteiger partial charge in [-0.3, -0.25) is 4.79 Å². The van der Waals surface area contributed by atoms with Crippen LogP contribution in [0.25, 0.3) is 0 Å². The lowest BCUT2D eigenvalue weighted by molar-refractivity contribution is -0.177. The van der Waals surface area contributed by atoms with E-state index in [0.717, 1.165) is 0 Å². The third kappa shape index (κ3) is 3.21. The van der Waals surface area contributed by atoms with E-state index in [1.807, 2.05) is 27.7 Å². The zero-order valence-electron chi connectivity index (χ0n) is 13.8. The molecule has 0 radical (unpaired) electrons. The van der Waals surface area contributed by atoms with Crippen molar-refractivity contribution in [1.29, 1.82) is 0 Å². The highest BCUT2D eigenvalue weighted by Gasteiger charge is 2.57.